The first-order chi connectivity index (χ1) is 8.66. The van der Waals surface area contributed by atoms with Gasteiger partial charge in [-0.25, -0.2) is 9.97 Å². The monoisotopic (exact) mass is 241 g/mol. The van der Waals surface area contributed by atoms with Gasteiger partial charge < -0.3 is 5.32 Å². The molecule has 1 N–H and O–H groups in total. The van der Waals surface area contributed by atoms with E-state index >= 15 is 0 Å². The molecular formula is C15H19N3. The lowest BCUT2D eigenvalue weighted by molar-refractivity contribution is 0.863. The summed E-state index contributed by atoms with van der Waals surface area (Å²) < 4.78 is 0. The summed E-state index contributed by atoms with van der Waals surface area (Å²) in [6, 6.07) is 10.4. The minimum absolute atomic E-state index is 0.515. The van der Waals surface area contributed by atoms with Gasteiger partial charge in [0.2, 0.25) is 0 Å². The van der Waals surface area contributed by atoms with E-state index in [2.05, 4.69) is 53.4 Å². The van der Waals surface area contributed by atoms with Crippen molar-refractivity contribution < 1.29 is 0 Å². The Labute approximate surface area is 108 Å². The van der Waals surface area contributed by atoms with E-state index in [9.17, 15) is 0 Å². The summed E-state index contributed by atoms with van der Waals surface area (Å²) in [5, 5.41) is 3.45. The van der Waals surface area contributed by atoms with E-state index in [-0.39, 0.29) is 0 Å². The lowest BCUT2D eigenvalue weighted by Crippen LogP contribution is -2.05. The number of hydrogen-bond acceptors (Lipinski definition) is 3. The fraction of sp³-hybridized carbons (Fsp3) is 0.333. The predicted octanol–water partition coefficient (Wildman–Crippen LogP) is 3.52. The van der Waals surface area contributed by atoms with Gasteiger partial charge in [-0.05, 0) is 30.5 Å². The smallest absolute Gasteiger partial charge is 0.125 e. The molecule has 94 valence electrons. The summed E-state index contributed by atoms with van der Waals surface area (Å²) in [4.78, 5) is 8.49. The molecule has 0 atom stereocenters. The highest BCUT2D eigenvalue weighted by Gasteiger charge is 2.05. The maximum atomic E-state index is 4.39. The molecule has 0 fully saturated rings. The lowest BCUT2D eigenvalue weighted by atomic mass is 10.0. The molecule has 0 spiro atoms. The van der Waals surface area contributed by atoms with Crippen molar-refractivity contribution in [3.8, 4) is 0 Å². The SMILES string of the molecule is Cc1nccc(CNc2ccccc2C(C)C)n1. The highest BCUT2D eigenvalue weighted by atomic mass is 14.9. The van der Waals surface area contributed by atoms with Crippen LogP contribution in [-0.4, -0.2) is 9.97 Å². The fourth-order valence-corrected chi connectivity index (χ4v) is 1.95. The largest absolute Gasteiger partial charge is 0.379 e. The van der Waals surface area contributed by atoms with Crippen LogP contribution in [0.4, 0.5) is 5.69 Å². The number of hydrogen-bond donors (Lipinski definition) is 1. The quantitative estimate of drug-likeness (QED) is 0.890. The van der Waals surface area contributed by atoms with Crippen LogP contribution in [0.1, 0.15) is 36.8 Å². The van der Waals surface area contributed by atoms with Crippen molar-refractivity contribution in [3.05, 3.63) is 53.6 Å². The molecule has 0 amide bonds. The summed E-state index contributed by atoms with van der Waals surface area (Å²) in [5.74, 6) is 1.33. The maximum absolute atomic E-state index is 4.39. The van der Waals surface area contributed by atoms with Gasteiger partial charge in [0, 0.05) is 11.9 Å². The second-order valence-electron chi connectivity index (χ2n) is 4.69. The van der Waals surface area contributed by atoms with Gasteiger partial charge >= 0.3 is 0 Å². The zero-order valence-electron chi connectivity index (χ0n) is 11.1. The number of nitrogens with zero attached hydrogens (tertiary/aromatic N) is 2. The molecular weight excluding hydrogens is 222 g/mol. The Morgan fingerprint density at radius 3 is 2.67 bits per heavy atom. The van der Waals surface area contributed by atoms with Gasteiger partial charge in [-0.15, -0.1) is 0 Å². The third-order valence-corrected chi connectivity index (χ3v) is 2.88. The Balaban J connectivity index is 2.11. The van der Waals surface area contributed by atoms with Crippen LogP contribution < -0.4 is 5.32 Å². The number of aryl methyl sites for hydroxylation is 1. The van der Waals surface area contributed by atoms with Crippen LogP contribution in [0.2, 0.25) is 0 Å². The Hall–Kier alpha value is -1.90. The number of rotatable bonds is 4. The van der Waals surface area contributed by atoms with E-state index in [0.717, 1.165) is 18.1 Å². The van der Waals surface area contributed by atoms with Crippen LogP contribution in [0.15, 0.2) is 36.5 Å². The van der Waals surface area contributed by atoms with Crippen molar-refractivity contribution in [2.45, 2.75) is 33.2 Å². The summed E-state index contributed by atoms with van der Waals surface area (Å²) in [5.41, 5.74) is 3.54. The molecule has 0 aliphatic rings. The summed E-state index contributed by atoms with van der Waals surface area (Å²) in [7, 11) is 0. The van der Waals surface area contributed by atoms with Gasteiger partial charge in [0.05, 0.1) is 12.2 Å². The van der Waals surface area contributed by atoms with Crippen molar-refractivity contribution in [2.75, 3.05) is 5.32 Å². The van der Waals surface area contributed by atoms with E-state index in [1.165, 1.54) is 11.3 Å². The standard InChI is InChI=1S/C15H19N3/c1-11(2)14-6-4-5-7-15(14)17-10-13-8-9-16-12(3)18-13/h4-9,11,17H,10H2,1-3H3. The molecule has 0 aliphatic heterocycles. The van der Waals surface area contributed by atoms with Gasteiger partial charge in [0.1, 0.15) is 5.82 Å². The first-order valence-corrected chi connectivity index (χ1v) is 6.28. The molecule has 0 radical (unpaired) electrons. The van der Waals surface area contributed by atoms with Crippen molar-refractivity contribution in [2.24, 2.45) is 0 Å². The van der Waals surface area contributed by atoms with E-state index in [1.807, 2.05) is 13.0 Å². The zero-order chi connectivity index (χ0) is 13.0. The van der Waals surface area contributed by atoms with Gasteiger partial charge in [-0.1, -0.05) is 32.0 Å². The highest BCUT2D eigenvalue weighted by Crippen LogP contribution is 2.23. The lowest BCUT2D eigenvalue weighted by Gasteiger charge is -2.14. The highest BCUT2D eigenvalue weighted by molar-refractivity contribution is 5.52. The van der Waals surface area contributed by atoms with Crippen molar-refractivity contribution >= 4 is 5.69 Å². The zero-order valence-corrected chi connectivity index (χ0v) is 11.1. The molecule has 2 aromatic rings. The van der Waals surface area contributed by atoms with Gasteiger partial charge in [0.25, 0.3) is 0 Å². The van der Waals surface area contributed by atoms with Crippen LogP contribution >= 0.6 is 0 Å². The van der Waals surface area contributed by atoms with E-state index in [4.69, 9.17) is 0 Å². The topological polar surface area (TPSA) is 37.8 Å². The molecule has 0 bridgehead atoms. The first-order valence-electron chi connectivity index (χ1n) is 6.28. The number of aromatic nitrogens is 2. The van der Waals surface area contributed by atoms with E-state index in [0.29, 0.717) is 5.92 Å². The van der Waals surface area contributed by atoms with Crippen LogP contribution in [0, 0.1) is 6.92 Å². The number of para-hydroxylation sites is 1. The second kappa shape index (κ2) is 5.63. The minimum Gasteiger partial charge on any atom is -0.379 e. The Bertz CT molecular complexity index is 521. The molecule has 1 heterocycles. The molecule has 1 aromatic heterocycles. The number of benzene rings is 1. The molecule has 0 aliphatic carbocycles. The van der Waals surface area contributed by atoms with Gasteiger partial charge in [-0.2, -0.15) is 0 Å². The molecule has 3 nitrogen and oxygen atoms in total. The van der Waals surface area contributed by atoms with Crippen LogP contribution in [0.5, 0.6) is 0 Å². The number of anilines is 1. The third-order valence-electron chi connectivity index (χ3n) is 2.88. The Morgan fingerprint density at radius 2 is 1.94 bits per heavy atom. The van der Waals surface area contributed by atoms with Crippen LogP contribution in [-0.2, 0) is 6.54 Å². The molecule has 2 rings (SSSR count). The van der Waals surface area contributed by atoms with Gasteiger partial charge in [-0.3, -0.25) is 0 Å². The molecule has 0 saturated carbocycles. The summed E-state index contributed by atoms with van der Waals surface area (Å²) in [6.07, 6.45) is 1.80. The molecule has 18 heavy (non-hydrogen) atoms. The average molecular weight is 241 g/mol. The second-order valence-corrected chi connectivity index (χ2v) is 4.69. The molecule has 3 heteroatoms. The van der Waals surface area contributed by atoms with Crippen molar-refractivity contribution in [3.63, 3.8) is 0 Å². The summed E-state index contributed by atoms with van der Waals surface area (Å²) in [6.45, 7) is 7.04. The third kappa shape index (κ3) is 3.06. The van der Waals surface area contributed by atoms with Crippen LogP contribution in [0.3, 0.4) is 0 Å². The minimum atomic E-state index is 0.515. The molecule has 1 aromatic carbocycles. The van der Waals surface area contributed by atoms with Crippen LogP contribution in [0.25, 0.3) is 0 Å². The normalized spacial score (nSPS) is 10.7. The first kappa shape index (κ1) is 12.6. The Morgan fingerprint density at radius 1 is 1.17 bits per heavy atom. The van der Waals surface area contributed by atoms with E-state index < -0.39 is 0 Å². The molecule has 0 saturated heterocycles. The van der Waals surface area contributed by atoms with Crippen molar-refractivity contribution in [1.82, 2.24) is 9.97 Å². The van der Waals surface area contributed by atoms with Gasteiger partial charge in [0.15, 0.2) is 0 Å². The molecule has 0 unspecified atom stereocenters. The predicted molar refractivity (Wildman–Crippen MR) is 74.6 cm³/mol. The Kier molecular flexibility index (Phi) is 3.92. The maximum Gasteiger partial charge on any atom is 0.125 e. The summed E-state index contributed by atoms with van der Waals surface area (Å²) >= 11 is 0. The average Bonchev–Trinajstić information content (AvgIpc) is 2.37. The number of nitrogens with one attached hydrogen (secondary N) is 1. The van der Waals surface area contributed by atoms with E-state index in [1.54, 1.807) is 6.20 Å². The fourth-order valence-electron chi connectivity index (χ4n) is 1.95. The van der Waals surface area contributed by atoms with Crippen molar-refractivity contribution in [1.29, 1.82) is 0 Å².